The van der Waals surface area contributed by atoms with Crippen molar-refractivity contribution in [1.29, 1.82) is 0 Å². The van der Waals surface area contributed by atoms with Gasteiger partial charge in [-0.2, -0.15) is 0 Å². The second-order valence-electron chi connectivity index (χ2n) is 7.87. The summed E-state index contributed by atoms with van der Waals surface area (Å²) in [6.45, 7) is 2.20. The number of nitrogens with zero attached hydrogens (tertiary/aromatic N) is 2. The molecule has 0 aliphatic heterocycles. The highest BCUT2D eigenvalue weighted by molar-refractivity contribution is 5.13. The fourth-order valence-corrected chi connectivity index (χ4v) is 2.26. The lowest BCUT2D eigenvalue weighted by atomic mass is 10.2. The summed E-state index contributed by atoms with van der Waals surface area (Å²) < 4.78 is 1.98. The number of hydrogen-bond acceptors (Lipinski definition) is 0. The fourth-order valence-electron chi connectivity index (χ4n) is 2.26. The first-order valence-electron chi connectivity index (χ1n) is 7.84. The molecular weight excluding hydrogens is 306 g/mol. The van der Waals surface area contributed by atoms with Gasteiger partial charge in [0.15, 0.2) is 0 Å². The van der Waals surface area contributed by atoms with Crippen molar-refractivity contribution in [3.05, 3.63) is 71.8 Å². The van der Waals surface area contributed by atoms with Crippen molar-refractivity contribution in [2.45, 2.75) is 13.1 Å². The zero-order valence-electron chi connectivity index (χ0n) is 15.8. The summed E-state index contributed by atoms with van der Waals surface area (Å²) in [6.07, 6.45) is 0. The van der Waals surface area contributed by atoms with Gasteiger partial charge in [-0.05, 0) is 0 Å². The summed E-state index contributed by atoms with van der Waals surface area (Å²) in [4.78, 5) is 0. The van der Waals surface area contributed by atoms with Crippen molar-refractivity contribution in [2.24, 2.45) is 0 Å². The summed E-state index contributed by atoms with van der Waals surface area (Å²) in [7, 11) is 13.2. The highest BCUT2D eigenvalue weighted by atomic mass is 19.0. The lowest BCUT2D eigenvalue weighted by Gasteiger charge is -2.23. The lowest BCUT2D eigenvalue weighted by molar-refractivity contribution is -0.884. The number of halogens is 2. The maximum Gasteiger partial charge on any atom is 0.104 e. The van der Waals surface area contributed by atoms with Crippen LogP contribution in [0.5, 0.6) is 0 Å². The first-order valence-corrected chi connectivity index (χ1v) is 7.84. The Hall–Kier alpha value is -1.78. The van der Waals surface area contributed by atoms with Crippen LogP contribution >= 0.6 is 0 Å². The van der Waals surface area contributed by atoms with E-state index in [1.165, 1.54) is 11.1 Å². The molecule has 0 fully saturated rings. The average Bonchev–Trinajstić information content (AvgIpc) is 2.38. The van der Waals surface area contributed by atoms with Crippen LogP contribution in [0.3, 0.4) is 0 Å². The average molecular weight is 338 g/mol. The van der Waals surface area contributed by atoms with Crippen molar-refractivity contribution in [1.82, 2.24) is 0 Å². The summed E-state index contributed by atoms with van der Waals surface area (Å²) in [5.74, 6) is 0. The third kappa shape index (κ3) is 12.7. The van der Waals surface area contributed by atoms with Gasteiger partial charge in [-0.3, -0.25) is 0 Å². The Labute approximate surface area is 146 Å². The van der Waals surface area contributed by atoms with Gasteiger partial charge in [0.1, 0.15) is 13.1 Å². The first-order chi connectivity index (χ1) is 10.2. The monoisotopic (exact) mass is 338 g/mol. The minimum atomic E-state index is 0. The third-order valence-corrected chi connectivity index (χ3v) is 3.00. The Morgan fingerprint density at radius 2 is 0.750 bits per heavy atom. The van der Waals surface area contributed by atoms with Gasteiger partial charge in [0.05, 0.1) is 42.3 Å². The van der Waals surface area contributed by atoms with Crippen LogP contribution in [0.1, 0.15) is 11.1 Å². The summed E-state index contributed by atoms with van der Waals surface area (Å²) in [5.41, 5.74) is 2.81. The minimum Gasteiger partial charge on any atom is -1.00 e. The van der Waals surface area contributed by atoms with Gasteiger partial charge in [0.2, 0.25) is 0 Å². The molecule has 0 amide bonds. The first kappa shape index (κ1) is 24.5. The zero-order chi connectivity index (χ0) is 16.6. The Morgan fingerprint density at radius 3 is 0.958 bits per heavy atom. The highest BCUT2D eigenvalue weighted by Gasteiger charge is 2.07. The van der Waals surface area contributed by atoms with E-state index in [1.807, 2.05) is 0 Å². The standard InChI is InChI=1S/2C10H16N.2FH/c2*1-11(2,3)9-10-7-5-4-6-8-10;;/h2*4-8H,9H2,1-3H3;2*1H/q2*+1;;/p-2. The maximum absolute atomic E-state index is 2.20. The molecule has 136 valence electrons. The molecule has 0 N–H and O–H groups in total. The summed E-state index contributed by atoms with van der Waals surface area (Å²) >= 11 is 0. The van der Waals surface area contributed by atoms with Crippen molar-refractivity contribution >= 4 is 0 Å². The molecule has 2 rings (SSSR count). The molecule has 2 nitrogen and oxygen atoms in total. The molecule has 0 unspecified atom stereocenters. The molecule has 0 bridgehead atoms. The highest BCUT2D eigenvalue weighted by Crippen LogP contribution is 2.05. The molecule has 4 heteroatoms. The van der Waals surface area contributed by atoms with Gasteiger partial charge in [-0.25, -0.2) is 0 Å². The van der Waals surface area contributed by atoms with Crippen molar-refractivity contribution < 1.29 is 18.4 Å². The van der Waals surface area contributed by atoms with Crippen LogP contribution in [-0.4, -0.2) is 51.3 Å². The molecule has 0 radical (unpaired) electrons. The minimum absolute atomic E-state index is 0. The predicted molar refractivity (Wildman–Crippen MR) is 96.4 cm³/mol. The topological polar surface area (TPSA) is 0 Å². The van der Waals surface area contributed by atoms with Gasteiger partial charge >= 0.3 is 0 Å². The molecule has 2 aromatic rings. The van der Waals surface area contributed by atoms with E-state index in [0.717, 1.165) is 22.1 Å². The van der Waals surface area contributed by atoms with E-state index in [2.05, 4.69) is 103 Å². The second-order valence-corrected chi connectivity index (χ2v) is 7.87. The Morgan fingerprint density at radius 1 is 0.500 bits per heavy atom. The van der Waals surface area contributed by atoms with Crippen LogP contribution < -0.4 is 9.41 Å². The van der Waals surface area contributed by atoms with Gasteiger partial charge < -0.3 is 18.4 Å². The molecular formula is C20H32F2N2. The SMILES string of the molecule is C[N+](C)(C)Cc1ccccc1.C[N+](C)(C)Cc1ccccc1.[F-].[F-]. The normalized spacial score (nSPS) is 10.6. The molecule has 0 saturated carbocycles. The van der Waals surface area contributed by atoms with E-state index < -0.39 is 0 Å². The van der Waals surface area contributed by atoms with Crippen LogP contribution in [-0.2, 0) is 13.1 Å². The quantitative estimate of drug-likeness (QED) is 0.555. The van der Waals surface area contributed by atoms with Gasteiger partial charge in [0, 0.05) is 11.1 Å². The molecule has 0 heterocycles. The largest absolute Gasteiger partial charge is 1.00 e. The van der Waals surface area contributed by atoms with E-state index in [4.69, 9.17) is 0 Å². The number of quaternary nitrogens is 2. The Balaban J connectivity index is 0. The Kier molecular flexibility index (Phi) is 11.1. The van der Waals surface area contributed by atoms with Crippen molar-refractivity contribution in [3.8, 4) is 0 Å². The van der Waals surface area contributed by atoms with E-state index >= 15 is 0 Å². The molecule has 0 aromatic heterocycles. The number of benzene rings is 2. The van der Waals surface area contributed by atoms with Gasteiger partial charge in [0.25, 0.3) is 0 Å². The Bertz CT molecular complexity index is 478. The molecule has 2 aromatic carbocycles. The van der Waals surface area contributed by atoms with E-state index in [0.29, 0.717) is 0 Å². The molecule has 0 aliphatic rings. The van der Waals surface area contributed by atoms with Gasteiger partial charge in [-0.1, -0.05) is 60.7 Å². The predicted octanol–water partition coefficient (Wildman–Crippen LogP) is -2.21. The van der Waals surface area contributed by atoms with Crippen LogP contribution in [0.25, 0.3) is 0 Å². The third-order valence-electron chi connectivity index (χ3n) is 3.00. The smallest absolute Gasteiger partial charge is 0.104 e. The van der Waals surface area contributed by atoms with E-state index in [-0.39, 0.29) is 9.41 Å². The molecule has 0 saturated heterocycles. The van der Waals surface area contributed by atoms with Crippen molar-refractivity contribution in [3.63, 3.8) is 0 Å². The van der Waals surface area contributed by atoms with Crippen LogP contribution in [0.15, 0.2) is 60.7 Å². The maximum atomic E-state index is 2.20. The van der Waals surface area contributed by atoms with Crippen molar-refractivity contribution in [2.75, 3.05) is 42.3 Å². The van der Waals surface area contributed by atoms with E-state index in [1.54, 1.807) is 0 Å². The summed E-state index contributed by atoms with van der Waals surface area (Å²) in [6, 6.07) is 21.1. The van der Waals surface area contributed by atoms with Crippen LogP contribution in [0.2, 0.25) is 0 Å². The van der Waals surface area contributed by atoms with Crippen LogP contribution in [0.4, 0.5) is 0 Å². The fraction of sp³-hybridized carbons (Fsp3) is 0.400. The van der Waals surface area contributed by atoms with Gasteiger partial charge in [-0.15, -0.1) is 0 Å². The zero-order valence-corrected chi connectivity index (χ0v) is 15.8. The number of rotatable bonds is 4. The molecule has 0 aliphatic carbocycles. The molecule has 0 spiro atoms. The number of hydrogen-bond donors (Lipinski definition) is 0. The second kappa shape index (κ2) is 10.9. The van der Waals surface area contributed by atoms with Crippen LogP contribution in [0, 0.1) is 0 Å². The van der Waals surface area contributed by atoms with E-state index in [9.17, 15) is 0 Å². The molecule has 24 heavy (non-hydrogen) atoms. The lowest BCUT2D eigenvalue weighted by Crippen LogP contribution is -3.00. The molecule has 0 atom stereocenters. The summed E-state index contributed by atoms with van der Waals surface area (Å²) in [5, 5.41) is 0.